The van der Waals surface area contributed by atoms with Crippen LogP contribution in [0, 0.1) is 0 Å². The highest BCUT2D eigenvalue weighted by Crippen LogP contribution is 2.35. The number of nitrogens with zero attached hydrogens (tertiary/aromatic N) is 1. The van der Waals surface area contributed by atoms with Crippen molar-refractivity contribution in [2.24, 2.45) is 5.73 Å². The first-order valence-electron chi connectivity index (χ1n) is 7.13. The van der Waals surface area contributed by atoms with Crippen molar-refractivity contribution in [2.75, 3.05) is 26.2 Å². The number of carbonyl (C=O) groups is 2. The van der Waals surface area contributed by atoms with Crippen LogP contribution >= 0.6 is 11.3 Å². The summed E-state index contributed by atoms with van der Waals surface area (Å²) in [5, 5.41) is 3.23. The lowest BCUT2D eigenvalue weighted by atomic mass is 9.94. The number of thiophene rings is 1. The zero-order valence-corrected chi connectivity index (χ0v) is 12.2. The summed E-state index contributed by atoms with van der Waals surface area (Å²) >= 11 is 1.42. The fraction of sp³-hybridized carbons (Fsp3) is 0.571. The van der Waals surface area contributed by atoms with Crippen LogP contribution in [0.1, 0.15) is 43.3 Å². The Kier molecular flexibility index (Phi) is 3.76. The second-order valence-corrected chi connectivity index (χ2v) is 6.43. The zero-order valence-electron chi connectivity index (χ0n) is 11.4. The first kappa shape index (κ1) is 13.6. The van der Waals surface area contributed by atoms with Crippen LogP contribution in [0.4, 0.5) is 0 Å². The first-order chi connectivity index (χ1) is 9.68. The normalized spacial score (nSPS) is 18.7. The molecule has 1 aromatic rings. The quantitative estimate of drug-likeness (QED) is 0.846. The van der Waals surface area contributed by atoms with Gasteiger partial charge in [0.2, 0.25) is 0 Å². The lowest BCUT2D eigenvalue weighted by Crippen LogP contribution is -2.46. The van der Waals surface area contributed by atoms with Gasteiger partial charge in [0.15, 0.2) is 0 Å². The van der Waals surface area contributed by atoms with Crippen molar-refractivity contribution in [1.29, 1.82) is 0 Å². The van der Waals surface area contributed by atoms with Gasteiger partial charge >= 0.3 is 0 Å². The molecule has 5 nitrogen and oxygen atoms in total. The van der Waals surface area contributed by atoms with Crippen LogP contribution in [-0.4, -0.2) is 42.9 Å². The van der Waals surface area contributed by atoms with Gasteiger partial charge in [0.1, 0.15) is 4.88 Å². The topological polar surface area (TPSA) is 75.4 Å². The van der Waals surface area contributed by atoms with E-state index in [0.29, 0.717) is 23.5 Å². The average Bonchev–Trinajstić information content (AvgIpc) is 2.87. The molecule has 2 aliphatic rings. The highest BCUT2D eigenvalue weighted by molar-refractivity contribution is 7.14. The highest BCUT2D eigenvalue weighted by Gasteiger charge is 2.30. The van der Waals surface area contributed by atoms with Gasteiger partial charge in [-0.1, -0.05) is 0 Å². The van der Waals surface area contributed by atoms with E-state index in [2.05, 4.69) is 5.32 Å². The average molecular weight is 293 g/mol. The molecule has 0 saturated carbocycles. The van der Waals surface area contributed by atoms with Crippen molar-refractivity contribution < 1.29 is 9.59 Å². The van der Waals surface area contributed by atoms with E-state index < -0.39 is 5.91 Å². The molecule has 1 aromatic heterocycles. The Bertz CT molecular complexity index is 547. The molecule has 2 amide bonds. The van der Waals surface area contributed by atoms with Crippen LogP contribution < -0.4 is 11.1 Å². The summed E-state index contributed by atoms with van der Waals surface area (Å²) in [6.07, 6.45) is 4.08. The van der Waals surface area contributed by atoms with E-state index in [9.17, 15) is 9.59 Å². The molecular weight excluding hydrogens is 274 g/mol. The third kappa shape index (κ3) is 2.33. The van der Waals surface area contributed by atoms with E-state index in [-0.39, 0.29) is 5.91 Å². The Balaban J connectivity index is 1.99. The summed E-state index contributed by atoms with van der Waals surface area (Å²) in [6, 6.07) is 0. The van der Waals surface area contributed by atoms with Gasteiger partial charge in [0.05, 0.1) is 5.56 Å². The second-order valence-electron chi connectivity index (χ2n) is 5.32. The Morgan fingerprint density at radius 2 is 1.85 bits per heavy atom. The number of primary amides is 1. The number of carbonyl (C=O) groups excluding carboxylic acids is 2. The molecule has 6 heteroatoms. The van der Waals surface area contributed by atoms with Gasteiger partial charge in [0.25, 0.3) is 11.8 Å². The smallest absolute Gasteiger partial charge is 0.259 e. The number of hydrogen-bond acceptors (Lipinski definition) is 4. The van der Waals surface area contributed by atoms with Gasteiger partial charge < -0.3 is 16.0 Å². The molecule has 0 unspecified atom stereocenters. The SMILES string of the molecule is NC(=O)c1sc2c(c1C(=O)N1CCNCC1)CCCC2. The summed E-state index contributed by atoms with van der Waals surface area (Å²) in [4.78, 5) is 27.9. The number of amides is 2. The van der Waals surface area contributed by atoms with E-state index in [1.165, 1.54) is 16.2 Å². The predicted octanol–water partition coefficient (Wildman–Crippen LogP) is 0.771. The van der Waals surface area contributed by atoms with Crippen molar-refractivity contribution >= 4 is 23.2 Å². The molecule has 2 heterocycles. The Hall–Kier alpha value is -1.40. The maximum absolute atomic E-state index is 12.8. The largest absolute Gasteiger partial charge is 0.365 e. The number of nitrogens with two attached hydrogens (primary N) is 1. The van der Waals surface area contributed by atoms with Crippen LogP contribution in [0.15, 0.2) is 0 Å². The van der Waals surface area contributed by atoms with Gasteiger partial charge in [0, 0.05) is 31.1 Å². The maximum Gasteiger partial charge on any atom is 0.259 e. The molecule has 108 valence electrons. The summed E-state index contributed by atoms with van der Waals surface area (Å²) in [5.74, 6) is -0.484. The standard InChI is InChI=1S/C14H19N3O2S/c15-13(18)12-11(9-3-1-2-4-10(9)20-12)14(19)17-7-5-16-6-8-17/h16H,1-8H2,(H2,15,18). The van der Waals surface area contributed by atoms with E-state index in [0.717, 1.165) is 44.3 Å². The minimum absolute atomic E-state index is 0.0142. The van der Waals surface area contributed by atoms with Gasteiger partial charge in [-0.3, -0.25) is 9.59 Å². The van der Waals surface area contributed by atoms with Gasteiger partial charge in [-0.2, -0.15) is 0 Å². The van der Waals surface area contributed by atoms with E-state index in [1.54, 1.807) is 0 Å². The third-order valence-electron chi connectivity index (χ3n) is 4.01. The lowest BCUT2D eigenvalue weighted by Gasteiger charge is -2.28. The third-order valence-corrected chi connectivity index (χ3v) is 5.32. The molecule has 1 fully saturated rings. The summed E-state index contributed by atoms with van der Waals surface area (Å²) in [6.45, 7) is 3.01. The zero-order chi connectivity index (χ0) is 14.1. The number of rotatable bonds is 2. The molecule has 1 saturated heterocycles. The molecule has 3 rings (SSSR count). The molecule has 1 aliphatic carbocycles. The van der Waals surface area contributed by atoms with Gasteiger partial charge in [-0.05, 0) is 31.2 Å². The van der Waals surface area contributed by atoms with Crippen LogP contribution in [-0.2, 0) is 12.8 Å². The number of piperazine rings is 1. The van der Waals surface area contributed by atoms with Gasteiger partial charge in [-0.15, -0.1) is 11.3 Å². The van der Waals surface area contributed by atoms with Crippen LogP contribution in [0.5, 0.6) is 0 Å². The molecule has 0 aromatic carbocycles. The predicted molar refractivity (Wildman–Crippen MR) is 78.3 cm³/mol. The monoisotopic (exact) mass is 293 g/mol. The summed E-state index contributed by atoms with van der Waals surface area (Å²) < 4.78 is 0. The van der Waals surface area contributed by atoms with Crippen LogP contribution in [0.3, 0.4) is 0 Å². The van der Waals surface area contributed by atoms with Crippen molar-refractivity contribution in [3.63, 3.8) is 0 Å². The van der Waals surface area contributed by atoms with Crippen molar-refractivity contribution in [3.8, 4) is 0 Å². The fourth-order valence-corrected chi connectivity index (χ4v) is 4.22. The van der Waals surface area contributed by atoms with Crippen molar-refractivity contribution in [2.45, 2.75) is 25.7 Å². The summed E-state index contributed by atoms with van der Waals surface area (Å²) in [7, 11) is 0. The second kappa shape index (κ2) is 5.54. The first-order valence-corrected chi connectivity index (χ1v) is 7.94. The Morgan fingerprint density at radius 1 is 1.15 bits per heavy atom. The summed E-state index contributed by atoms with van der Waals surface area (Å²) in [5.41, 5.74) is 7.16. The maximum atomic E-state index is 12.8. The number of nitrogens with one attached hydrogen (secondary N) is 1. The molecule has 0 radical (unpaired) electrons. The molecule has 1 aliphatic heterocycles. The van der Waals surface area contributed by atoms with E-state index >= 15 is 0 Å². The minimum atomic E-state index is -0.470. The van der Waals surface area contributed by atoms with E-state index in [1.807, 2.05) is 4.90 Å². The van der Waals surface area contributed by atoms with E-state index in [4.69, 9.17) is 5.73 Å². The van der Waals surface area contributed by atoms with Crippen molar-refractivity contribution in [1.82, 2.24) is 10.2 Å². The molecule has 0 spiro atoms. The Morgan fingerprint density at radius 3 is 2.55 bits per heavy atom. The number of fused-ring (bicyclic) bond motifs is 1. The van der Waals surface area contributed by atoms with Crippen LogP contribution in [0.25, 0.3) is 0 Å². The number of hydrogen-bond donors (Lipinski definition) is 2. The Labute approximate surface area is 122 Å². The lowest BCUT2D eigenvalue weighted by molar-refractivity contribution is 0.0730. The molecule has 20 heavy (non-hydrogen) atoms. The number of aryl methyl sites for hydroxylation is 1. The highest BCUT2D eigenvalue weighted by atomic mass is 32.1. The minimum Gasteiger partial charge on any atom is -0.365 e. The van der Waals surface area contributed by atoms with Crippen LogP contribution in [0.2, 0.25) is 0 Å². The molecule has 0 atom stereocenters. The fourth-order valence-electron chi connectivity index (χ4n) is 2.99. The van der Waals surface area contributed by atoms with Crippen molar-refractivity contribution in [3.05, 3.63) is 20.9 Å². The molecular formula is C14H19N3O2S. The molecule has 0 bridgehead atoms. The molecule has 3 N–H and O–H groups in total. The van der Waals surface area contributed by atoms with Gasteiger partial charge in [-0.25, -0.2) is 0 Å².